The summed E-state index contributed by atoms with van der Waals surface area (Å²) >= 11 is 4.82. The molecule has 1 N–H and O–H groups in total. The largest absolute Gasteiger partial charge is 0.292 e. The van der Waals surface area contributed by atoms with Crippen LogP contribution in [0, 0.1) is 6.92 Å². The third-order valence-corrected chi connectivity index (χ3v) is 5.19. The highest BCUT2D eigenvalue weighted by molar-refractivity contribution is 9.10. The average Bonchev–Trinajstić information content (AvgIpc) is 3.07. The SMILES string of the molecule is CCC(Br)C(=O)Nc1nc2scc(-c3ccc(C)cc3)n2n1. The van der Waals surface area contributed by atoms with E-state index >= 15 is 0 Å². The minimum atomic E-state index is -0.231. The van der Waals surface area contributed by atoms with E-state index in [0.717, 1.165) is 16.2 Å². The molecule has 5 nitrogen and oxygen atoms in total. The van der Waals surface area contributed by atoms with Crippen LogP contribution in [0.3, 0.4) is 0 Å². The van der Waals surface area contributed by atoms with Gasteiger partial charge < -0.3 is 0 Å². The molecule has 0 radical (unpaired) electrons. The van der Waals surface area contributed by atoms with E-state index in [2.05, 4.69) is 62.5 Å². The van der Waals surface area contributed by atoms with Gasteiger partial charge in [-0.15, -0.1) is 16.4 Å². The molecule has 0 bridgehead atoms. The lowest BCUT2D eigenvalue weighted by Gasteiger charge is -2.04. The Kier molecular flexibility index (Phi) is 4.26. The number of benzene rings is 1. The van der Waals surface area contributed by atoms with E-state index in [1.807, 2.05) is 12.3 Å². The molecule has 0 aliphatic rings. The van der Waals surface area contributed by atoms with Crippen LogP contribution in [0.5, 0.6) is 0 Å². The monoisotopic (exact) mass is 378 g/mol. The first-order valence-corrected chi connectivity index (χ1v) is 8.74. The number of nitrogens with one attached hydrogen (secondary N) is 1. The van der Waals surface area contributed by atoms with E-state index in [1.54, 1.807) is 4.52 Å². The number of halogens is 1. The molecule has 3 aromatic rings. The van der Waals surface area contributed by atoms with E-state index in [-0.39, 0.29) is 10.7 Å². The van der Waals surface area contributed by atoms with Crippen LogP contribution in [0.4, 0.5) is 5.95 Å². The van der Waals surface area contributed by atoms with Crippen LogP contribution in [0.1, 0.15) is 18.9 Å². The second kappa shape index (κ2) is 6.18. The topological polar surface area (TPSA) is 59.3 Å². The normalized spacial score (nSPS) is 12.5. The van der Waals surface area contributed by atoms with Crippen molar-refractivity contribution in [2.24, 2.45) is 0 Å². The second-order valence-corrected chi connectivity index (χ2v) is 6.92. The van der Waals surface area contributed by atoms with E-state index in [9.17, 15) is 4.79 Å². The summed E-state index contributed by atoms with van der Waals surface area (Å²) in [4.78, 5) is 16.8. The molecule has 7 heteroatoms. The lowest BCUT2D eigenvalue weighted by molar-refractivity contribution is -0.115. The highest BCUT2D eigenvalue weighted by Crippen LogP contribution is 2.26. The summed E-state index contributed by atoms with van der Waals surface area (Å²) < 4.78 is 1.76. The van der Waals surface area contributed by atoms with E-state index < -0.39 is 0 Å². The zero-order valence-electron chi connectivity index (χ0n) is 12.2. The van der Waals surface area contributed by atoms with Gasteiger partial charge in [0.2, 0.25) is 16.8 Å². The number of carbonyl (C=O) groups excluding carboxylic acids is 1. The Morgan fingerprint density at radius 3 is 2.82 bits per heavy atom. The van der Waals surface area contributed by atoms with Crippen molar-refractivity contribution >= 4 is 44.1 Å². The van der Waals surface area contributed by atoms with Crippen LogP contribution in [-0.2, 0) is 4.79 Å². The van der Waals surface area contributed by atoms with Crippen LogP contribution in [-0.4, -0.2) is 25.3 Å². The van der Waals surface area contributed by atoms with Gasteiger partial charge in [0.1, 0.15) is 0 Å². The maximum atomic E-state index is 11.9. The third-order valence-electron chi connectivity index (χ3n) is 3.31. The van der Waals surface area contributed by atoms with E-state index in [4.69, 9.17) is 0 Å². The number of carbonyl (C=O) groups is 1. The molecular weight excluding hydrogens is 364 g/mol. The summed E-state index contributed by atoms with van der Waals surface area (Å²) in [6.07, 6.45) is 0.711. The summed E-state index contributed by atoms with van der Waals surface area (Å²) in [6.45, 7) is 3.99. The molecule has 1 aromatic carbocycles. The summed E-state index contributed by atoms with van der Waals surface area (Å²) in [5.41, 5.74) is 3.26. The first-order valence-electron chi connectivity index (χ1n) is 6.94. The fraction of sp³-hybridized carbons (Fsp3) is 0.267. The summed E-state index contributed by atoms with van der Waals surface area (Å²) in [5, 5.41) is 9.14. The number of thiazole rings is 1. The van der Waals surface area contributed by atoms with Crippen LogP contribution in [0.15, 0.2) is 29.6 Å². The molecule has 0 aliphatic heterocycles. The van der Waals surface area contributed by atoms with Gasteiger partial charge in [-0.2, -0.15) is 4.98 Å². The molecule has 1 unspecified atom stereocenters. The standard InChI is InChI=1S/C15H15BrN4OS/c1-3-11(16)13(21)17-14-18-15-20(19-14)12(8-22-15)10-6-4-9(2)5-7-10/h4-8,11H,3H2,1-2H3,(H,17,19,21). The summed E-state index contributed by atoms with van der Waals surface area (Å²) in [7, 11) is 0. The number of amides is 1. The smallest absolute Gasteiger partial charge is 0.250 e. The van der Waals surface area contributed by atoms with E-state index in [0.29, 0.717) is 12.4 Å². The molecule has 0 fully saturated rings. The van der Waals surface area contributed by atoms with Crippen molar-refractivity contribution in [3.8, 4) is 11.3 Å². The molecule has 0 spiro atoms. The van der Waals surface area contributed by atoms with Crippen molar-refractivity contribution in [2.45, 2.75) is 25.1 Å². The quantitative estimate of drug-likeness (QED) is 0.700. The minimum Gasteiger partial charge on any atom is -0.292 e. The molecule has 2 aromatic heterocycles. The van der Waals surface area contributed by atoms with Crippen molar-refractivity contribution < 1.29 is 4.79 Å². The molecule has 114 valence electrons. The number of hydrogen-bond acceptors (Lipinski definition) is 4. The lowest BCUT2D eigenvalue weighted by Crippen LogP contribution is -2.22. The maximum absolute atomic E-state index is 11.9. The van der Waals surface area contributed by atoms with Gasteiger partial charge in [-0.3, -0.25) is 10.1 Å². The zero-order chi connectivity index (χ0) is 15.7. The predicted octanol–water partition coefficient (Wildman–Crippen LogP) is 3.88. The number of fused-ring (bicyclic) bond motifs is 1. The Morgan fingerprint density at radius 1 is 1.41 bits per heavy atom. The van der Waals surface area contributed by atoms with Gasteiger partial charge in [0.25, 0.3) is 0 Å². The molecular formula is C15H15BrN4OS. The molecule has 0 saturated heterocycles. The Balaban J connectivity index is 1.91. The summed E-state index contributed by atoms with van der Waals surface area (Å²) in [6, 6.07) is 8.25. The van der Waals surface area contributed by atoms with Crippen LogP contribution >= 0.6 is 27.3 Å². The highest BCUT2D eigenvalue weighted by Gasteiger charge is 2.16. The maximum Gasteiger partial charge on any atom is 0.250 e. The molecule has 22 heavy (non-hydrogen) atoms. The van der Waals surface area contributed by atoms with Crippen molar-refractivity contribution in [1.82, 2.24) is 14.6 Å². The van der Waals surface area contributed by atoms with E-state index in [1.165, 1.54) is 16.9 Å². The Hall–Kier alpha value is -1.73. The molecule has 3 rings (SSSR count). The van der Waals surface area contributed by atoms with Gasteiger partial charge in [0.05, 0.1) is 10.5 Å². The van der Waals surface area contributed by atoms with Crippen molar-refractivity contribution in [2.75, 3.05) is 5.32 Å². The first-order chi connectivity index (χ1) is 10.6. The molecule has 1 atom stereocenters. The van der Waals surface area contributed by atoms with Crippen molar-refractivity contribution in [3.63, 3.8) is 0 Å². The number of aromatic nitrogens is 3. The highest BCUT2D eigenvalue weighted by atomic mass is 79.9. The second-order valence-electron chi connectivity index (χ2n) is 4.98. The summed E-state index contributed by atoms with van der Waals surface area (Å²) in [5.74, 6) is 0.209. The van der Waals surface area contributed by atoms with Gasteiger partial charge in [0.15, 0.2) is 0 Å². The van der Waals surface area contributed by atoms with Crippen LogP contribution < -0.4 is 5.32 Å². The fourth-order valence-corrected chi connectivity index (χ4v) is 2.98. The Morgan fingerprint density at radius 2 is 2.14 bits per heavy atom. The van der Waals surface area contributed by atoms with Gasteiger partial charge >= 0.3 is 0 Å². The number of aryl methyl sites for hydroxylation is 1. The van der Waals surface area contributed by atoms with Crippen LogP contribution in [0.2, 0.25) is 0 Å². The zero-order valence-corrected chi connectivity index (χ0v) is 14.6. The van der Waals surface area contributed by atoms with Gasteiger partial charge in [-0.25, -0.2) is 4.52 Å². The van der Waals surface area contributed by atoms with Crippen molar-refractivity contribution in [1.29, 1.82) is 0 Å². The first kappa shape index (κ1) is 15.2. The fourth-order valence-electron chi connectivity index (χ4n) is 2.03. The molecule has 0 saturated carbocycles. The van der Waals surface area contributed by atoms with Crippen LogP contribution in [0.25, 0.3) is 16.2 Å². The minimum absolute atomic E-state index is 0.127. The van der Waals surface area contributed by atoms with Gasteiger partial charge in [0, 0.05) is 10.9 Å². The predicted molar refractivity (Wildman–Crippen MR) is 92.7 cm³/mol. The van der Waals surface area contributed by atoms with Gasteiger partial charge in [-0.1, -0.05) is 52.7 Å². The Labute approximate surface area is 140 Å². The molecule has 2 heterocycles. The number of hydrogen-bond donors (Lipinski definition) is 1. The lowest BCUT2D eigenvalue weighted by atomic mass is 10.1. The molecule has 1 amide bonds. The van der Waals surface area contributed by atoms with Gasteiger partial charge in [-0.05, 0) is 13.3 Å². The number of rotatable bonds is 4. The molecule has 0 aliphatic carbocycles. The van der Waals surface area contributed by atoms with Crippen molar-refractivity contribution in [3.05, 3.63) is 35.2 Å². The number of alkyl halides is 1. The Bertz CT molecular complexity index is 809. The number of anilines is 1. The average molecular weight is 379 g/mol. The third kappa shape index (κ3) is 2.91. The number of nitrogens with zero attached hydrogens (tertiary/aromatic N) is 3.